The Morgan fingerprint density at radius 1 is 1.07 bits per heavy atom. The highest BCUT2D eigenvalue weighted by atomic mass is 16.3. The lowest BCUT2D eigenvalue weighted by molar-refractivity contribution is 0.214. The molecule has 0 saturated carbocycles. The zero-order valence-corrected chi connectivity index (χ0v) is 8.59. The molecule has 0 aliphatic carbocycles. The normalized spacial score (nSPS) is 12.4. The summed E-state index contributed by atoms with van der Waals surface area (Å²) < 4.78 is 0. The maximum atomic E-state index is 10.1. The minimum atomic E-state index is -0.632. The number of aryl methyl sites for hydroxylation is 1. The lowest BCUT2D eigenvalue weighted by Gasteiger charge is -2.12. The number of nitrogens with zero attached hydrogens (tertiary/aromatic N) is 1. The van der Waals surface area contributed by atoms with E-state index in [2.05, 4.69) is 4.98 Å². The molecule has 2 nitrogen and oxygen atoms in total. The van der Waals surface area contributed by atoms with Crippen LogP contribution in [0.5, 0.6) is 0 Å². The van der Waals surface area contributed by atoms with Crippen molar-refractivity contribution in [3.05, 3.63) is 65.5 Å². The number of aliphatic hydroxyl groups is 1. The van der Waals surface area contributed by atoms with Crippen molar-refractivity contribution in [3.8, 4) is 0 Å². The maximum Gasteiger partial charge on any atom is 0.121 e. The lowest BCUT2D eigenvalue weighted by atomic mass is 10.0. The fourth-order valence-corrected chi connectivity index (χ4v) is 1.58. The maximum absolute atomic E-state index is 10.1. The third-order valence-corrected chi connectivity index (χ3v) is 2.42. The van der Waals surface area contributed by atoms with E-state index < -0.39 is 6.10 Å². The summed E-state index contributed by atoms with van der Waals surface area (Å²) in [6.07, 6.45) is 1.07. The van der Waals surface area contributed by atoms with Crippen molar-refractivity contribution in [3.63, 3.8) is 0 Å². The number of aliphatic hydroxyl groups excluding tert-OH is 1. The van der Waals surface area contributed by atoms with E-state index in [1.54, 1.807) is 6.20 Å². The molecule has 1 aromatic carbocycles. The minimum absolute atomic E-state index is 0.632. The van der Waals surface area contributed by atoms with E-state index in [1.165, 1.54) is 0 Å². The summed E-state index contributed by atoms with van der Waals surface area (Å²) in [4.78, 5) is 4.20. The third-order valence-electron chi connectivity index (χ3n) is 2.42. The summed E-state index contributed by atoms with van der Waals surface area (Å²) in [7, 11) is 0. The van der Waals surface area contributed by atoms with Crippen LogP contribution in [0.25, 0.3) is 0 Å². The van der Waals surface area contributed by atoms with E-state index in [0.717, 1.165) is 16.8 Å². The Kier molecular flexibility index (Phi) is 2.79. The highest BCUT2D eigenvalue weighted by molar-refractivity contribution is 5.29. The molecular weight excluding hydrogens is 186 g/mol. The standard InChI is InChI=1S/C13H13NO/c1-10-6-5-9-14-12(10)13(15)11-7-3-2-4-8-11/h2-9,13,15H,1H3/t13-/m0/s1. The molecule has 1 aromatic heterocycles. The fourth-order valence-electron chi connectivity index (χ4n) is 1.58. The second-order valence-electron chi connectivity index (χ2n) is 3.52. The van der Waals surface area contributed by atoms with Crippen molar-refractivity contribution < 1.29 is 5.11 Å². The molecule has 2 heteroatoms. The van der Waals surface area contributed by atoms with E-state index in [1.807, 2.05) is 49.4 Å². The van der Waals surface area contributed by atoms with E-state index in [-0.39, 0.29) is 0 Å². The van der Waals surface area contributed by atoms with E-state index >= 15 is 0 Å². The molecule has 2 aromatic rings. The number of pyridine rings is 1. The summed E-state index contributed by atoms with van der Waals surface area (Å²) in [5.41, 5.74) is 2.61. The van der Waals surface area contributed by atoms with Gasteiger partial charge in [0.15, 0.2) is 0 Å². The average molecular weight is 199 g/mol. The molecule has 0 aliphatic rings. The minimum Gasteiger partial charge on any atom is -0.382 e. The topological polar surface area (TPSA) is 33.1 Å². The number of aromatic nitrogens is 1. The fraction of sp³-hybridized carbons (Fsp3) is 0.154. The Morgan fingerprint density at radius 3 is 2.47 bits per heavy atom. The Bertz CT molecular complexity index is 439. The summed E-state index contributed by atoms with van der Waals surface area (Å²) in [6, 6.07) is 13.4. The highest BCUT2D eigenvalue weighted by Gasteiger charge is 2.12. The van der Waals surface area contributed by atoms with Crippen LogP contribution < -0.4 is 0 Å². The van der Waals surface area contributed by atoms with Crippen LogP contribution in [0.4, 0.5) is 0 Å². The summed E-state index contributed by atoms with van der Waals surface area (Å²) in [5, 5.41) is 10.1. The van der Waals surface area contributed by atoms with Gasteiger partial charge < -0.3 is 5.11 Å². The molecule has 0 unspecified atom stereocenters. The molecule has 1 N–H and O–H groups in total. The van der Waals surface area contributed by atoms with Crippen molar-refractivity contribution in [2.45, 2.75) is 13.0 Å². The molecule has 0 fully saturated rings. The first kappa shape index (κ1) is 9.87. The van der Waals surface area contributed by atoms with E-state index in [0.29, 0.717) is 0 Å². The van der Waals surface area contributed by atoms with Crippen molar-refractivity contribution in [2.75, 3.05) is 0 Å². The molecule has 2 rings (SSSR count). The molecule has 76 valence electrons. The Morgan fingerprint density at radius 2 is 1.80 bits per heavy atom. The van der Waals surface area contributed by atoms with Gasteiger partial charge in [0.2, 0.25) is 0 Å². The SMILES string of the molecule is Cc1cccnc1[C@@H](O)c1ccccc1. The van der Waals surface area contributed by atoms with Gasteiger partial charge in [-0.2, -0.15) is 0 Å². The van der Waals surface area contributed by atoms with Gasteiger partial charge in [-0.3, -0.25) is 4.98 Å². The van der Waals surface area contributed by atoms with Gasteiger partial charge in [0.25, 0.3) is 0 Å². The molecule has 0 amide bonds. The monoisotopic (exact) mass is 199 g/mol. The van der Waals surface area contributed by atoms with Crippen LogP contribution in [0.3, 0.4) is 0 Å². The molecule has 15 heavy (non-hydrogen) atoms. The van der Waals surface area contributed by atoms with Crippen LogP contribution in [0, 0.1) is 6.92 Å². The van der Waals surface area contributed by atoms with Gasteiger partial charge >= 0.3 is 0 Å². The van der Waals surface area contributed by atoms with Gasteiger partial charge in [0, 0.05) is 6.20 Å². The smallest absolute Gasteiger partial charge is 0.121 e. The van der Waals surface area contributed by atoms with Crippen LogP contribution in [-0.2, 0) is 0 Å². The van der Waals surface area contributed by atoms with Crippen LogP contribution in [-0.4, -0.2) is 10.1 Å². The molecule has 0 bridgehead atoms. The van der Waals surface area contributed by atoms with Gasteiger partial charge in [0.1, 0.15) is 6.10 Å². The zero-order chi connectivity index (χ0) is 10.7. The Balaban J connectivity index is 2.37. The predicted octanol–water partition coefficient (Wildman–Crippen LogP) is 2.47. The first-order valence-electron chi connectivity index (χ1n) is 4.93. The second-order valence-corrected chi connectivity index (χ2v) is 3.52. The molecule has 1 heterocycles. The zero-order valence-electron chi connectivity index (χ0n) is 8.59. The first-order valence-corrected chi connectivity index (χ1v) is 4.93. The highest BCUT2D eigenvalue weighted by Crippen LogP contribution is 2.21. The molecule has 1 atom stereocenters. The number of hydrogen-bond donors (Lipinski definition) is 1. The quantitative estimate of drug-likeness (QED) is 0.806. The number of rotatable bonds is 2. The first-order chi connectivity index (χ1) is 7.29. The van der Waals surface area contributed by atoms with Gasteiger partial charge in [-0.15, -0.1) is 0 Å². The Hall–Kier alpha value is -1.67. The summed E-state index contributed by atoms with van der Waals surface area (Å²) in [6.45, 7) is 1.95. The molecule has 0 radical (unpaired) electrons. The van der Waals surface area contributed by atoms with Crippen LogP contribution in [0.15, 0.2) is 48.7 Å². The average Bonchev–Trinajstić information content (AvgIpc) is 2.30. The van der Waals surface area contributed by atoms with Gasteiger partial charge in [-0.25, -0.2) is 0 Å². The largest absolute Gasteiger partial charge is 0.382 e. The van der Waals surface area contributed by atoms with Crippen molar-refractivity contribution in [1.82, 2.24) is 4.98 Å². The predicted molar refractivity (Wildman–Crippen MR) is 59.5 cm³/mol. The number of benzene rings is 1. The van der Waals surface area contributed by atoms with Crippen LogP contribution >= 0.6 is 0 Å². The van der Waals surface area contributed by atoms with Gasteiger partial charge in [-0.05, 0) is 24.1 Å². The van der Waals surface area contributed by atoms with Crippen molar-refractivity contribution in [2.24, 2.45) is 0 Å². The van der Waals surface area contributed by atoms with Crippen LogP contribution in [0.2, 0.25) is 0 Å². The molecule has 0 spiro atoms. The summed E-state index contributed by atoms with van der Waals surface area (Å²) >= 11 is 0. The second kappa shape index (κ2) is 4.24. The lowest BCUT2D eigenvalue weighted by Crippen LogP contribution is -2.04. The molecular formula is C13H13NO. The van der Waals surface area contributed by atoms with Crippen molar-refractivity contribution >= 4 is 0 Å². The van der Waals surface area contributed by atoms with Gasteiger partial charge in [0.05, 0.1) is 5.69 Å². The number of hydrogen-bond acceptors (Lipinski definition) is 2. The van der Waals surface area contributed by atoms with E-state index in [9.17, 15) is 5.11 Å². The third kappa shape index (κ3) is 2.05. The van der Waals surface area contributed by atoms with E-state index in [4.69, 9.17) is 0 Å². The van der Waals surface area contributed by atoms with Crippen molar-refractivity contribution in [1.29, 1.82) is 0 Å². The van der Waals surface area contributed by atoms with Crippen LogP contribution in [0.1, 0.15) is 22.9 Å². The molecule has 0 saturated heterocycles. The van der Waals surface area contributed by atoms with Gasteiger partial charge in [-0.1, -0.05) is 36.4 Å². The Labute approximate surface area is 89.2 Å². The molecule has 0 aliphatic heterocycles. The summed E-state index contributed by atoms with van der Waals surface area (Å²) in [5.74, 6) is 0.